The van der Waals surface area contributed by atoms with Crippen LogP contribution in [0.3, 0.4) is 0 Å². The minimum absolute atomic E-state index is 0.0528. The molecule has 0 aromatic carbocycles. The van der Waals surface area contributed by atoms with Gasteiger partial charge in [-0.1, -0.05) is 5.16 Å². The van der Waals surface area contributed by atoms with Gasteiger partial charge in [0.05, 0.1) is 6.04 Å². The summed E-state index contributed by atoms with van der Waals surface area (Å²) in [6, 6.07) is 0.358. The van der Waals surface area contributed by atoms with E-state index >= 15 is 0 Å². The van der Waals surface area contributed by atoms with Gasteiger partial charge >= 0.3 is 0 Å². The van der Waals surface area contributed by atoms with Crippen LogP contribution in [0.15, 0.2) is 4.52 Å². The monoisotopic (exact) mass is 265 g/mol. The van der Waals surface area contributed by atoms with Crippen molar-refractivity contribution in [2.45, 2.75) is 31.8 Å². The Morgan fingerprint density at radius 2 is 2.21 bits per heavy atom. The molecule has 7 nitrogen and oxygen atoms in total. The normalized spacial score (nSPS) is 22.2. The molecular formula is C12H19N5O2. The third kappa shape index (κ3) is 2.93. The number of carbonyl (C=O) groups is 1. The maximum absolute atomic E-state index is 11.8. The molecule has 1 aliphatic heterocycles. The highest BCUT2D eigenvalue weighted by Gasteiger charge is 2.28. The van der Waals surface area contributed by atoms with Crippen LogP contribution in [-0.4, -0.2) is 53.2 Å². The quantitative estimate of drug-likeness (QED) is 0.793. The Balaban J connectivity index is 1.63. The summed E-state index contributed by atoms with van der Waals surface area (Å²) in [6.07, 6.45) is 2.10. The lowest BCUT2D eigenvalue weighted by Gasteiger charge is -2.30. The zero-order valence-electron chi connectivity index (χ0n) is 11.1. The molecule has 0 spiro atoms. The first-order valence-electron chi connectivity index (χ1n) is 6.83. The summed E-state index contributed by atoms with van der Waals surface area (Å²) >= 11 is 0. The van der Waals surface area contributed by atoms with Crippen molar-refractivity contribution in [3.63, 3.8) is 0 Å². The first kappa shape index (κ1) is 12.6. The molecule has 104 valence electrons. The number of nitrogens with one attached hydrogen (secondary N) is 2. The van der Waals surface area contributed by atoms with E-state index in [4.69, 9.17) is 4.52 Å². The third-order valence-electron chi connectivity index (χ3n) is 3.61. The van der Waals surface area contributed by atoms with Gasteiger partial charge < -0.3 is 15.2 Å². The molecule has 1 aromatic heterocycles. The van der Waals surface area contributed by atoms with Crippen molar-refractivity contribution >= 4 is 5.91 Å². The van der Waals surface area contributed by atoms with Gasteiger partial charge in [0.15, 0.2) is 0 Å². The largest absolute Gasteiger partial charge is 0.346 e. The first-order valence-corrected chi connectivity index (χ1v) is 6.83. The molecule has 1 unspecified atom stereocenters. The van der Waals surface area contributed by atoms with Crippen molar-refractivity contribution in [1.29, 1.82) is 0 Å². The second kappa shape index (κ2) is 5.26. The molecule has 1 saturated carbocycles. The third-order valence-corrected chi connectivity index (χ3v) is 3.61. The van der Waals surface area contributed by atoms with Crippen LogP contribution in [0.1, 0.15) is 42.3 Å². The molecule has 1 amide bonds. The minimum atomic E-state index is -0.231. The van der Waals surface area contributed by atoms with E-state index in [0.717, 1.165) is 39.0 Å². The van der Waals surface area contributed by atoms with E-state index in [-0.39, 0.29) is 17.8 Å². The lowest BCUT2D eigenvalue weighted by Crippen LogP contribution is -2.44. The fraction of sp³-hybridized carbons (Fsp3) is 0.750. The van der Waals surface area contributed by atoms with Crippen LogP contribution in [0.4, 0.5) is 0 Å². The fourth-order valence-corrected chi connectivity index (χ4v) is 2.20. The number of piperazine rings is 1. The van der Waals surface area contributed by atoms with E-state index in [9.17, 15) is 4.79 Å². The van der Waals surface area contributed by atoms with Gasteiger partial charge in [0, 0.05) is 32.2 Å². The van der Waals surface area contributed by atoms with Gasteiger partial charge in [-0.15, -0.1) is 0 Å². The number of amides is 1. The Morgan fingerprint density at radius 3 is 2.89 bits per heavy atom. The highest BCUT2D eigenvalue weighted by atomic mass is 16.5. The van der Waals surface area contributed by atoms with E-state index in [1.165, 1.54) is 0 Å². The van der Waals surface area contributed by atoms with Crippen LogP contribution in [-0.2, 0) is 0 Å². The van der Waals surface area contributed by atoms with Crippen molar-refractivity contribution in [2.24, 2.45) is 0 Å². The van der Waals surface area contributed by atoms with Crippen molar-refractivity contribution in [2.75, 3.05) is 26.2 Å². The molecule has 1 atom stereocenters. The van der Waals surface area contributed by atoms with E-state index in [2.05, 4.69) is 25.7 Å². The predicted molar refractivity (Wildman–Crippen MR) is 67.6 cm³/mol. The molecule has 2 N–H and O–H groups in total. The Hall–Kier alpha value is -1.47. The maximum Gasteiger partial charge on any atom is 0.292 e. The summed E-state index contributed by atoms with van der Waals surface area (Å²) in [5.74, 6) is 0.428. The van der Waals surface area contributed by atoms with Gasteiger partial charge in [-0.05, 0) is 19.8 Å². The van der Waals surface area contributed by atoms with Crippen LogP contribution in [0.25, 0.3) is 0 Å². The number of hydrogen-bond donors (Lipinski definition) is 2. The average molecular weight is 265 g/mol. The number of nitrogens with zero attached hydrogens (tertiary/aromatic N) is 3. The summed E-state index contributed by atoms with van der Waals surface area (Å²) in [4.78, 5) is 18.3. The molecule has 19 heavy (non-hydrogen) atoms. The van der Waals surface area contributed by atoms with Crippen molar-refractivity contribution in [3.05, 3.63) is 11.7 Å². The highest BCUT2D eigenvalue weighted by molar-refractivity contribution is 5.90. The van der Waals surface area contributed by atoms with Crippen molar-refractivity contribution in [3.8, 4) is 0 Å². The smallest absolute Gasteiger partial charge is 0.292 e. The minimum Gasteiger partial charge on any atom is -0.346 e. The van der Waals surface area contributed by atoms with Crippen molar-refractivity contribution in [1.82, 2.24) is 25.7 Å². The van der Waals surface area contributed by atoms with Gasteiger partial charge in [0.25, 0.3) is 11.7 Å². The molecule has 7 heteroatoms. The molecule has 3 rings (SSSR count). The van der Waals surface area contributed by atoms with Gasteiger partial charge in [-0.2, -0.15) is 4.98 Å². The summed E-state index contributed by atoms with van der Waals surface area (Å²) < 4.78 is 5.22. The molecule has 1 aromatic rings. The van der Waals surface area contributed by atoms with Crippen molar-refractivity contribution < 1.29 is 9.32 Å². The van der Waals surface area contributed by atoms with E-state index in [1.54, 1.807) is 0 Å². The molecule has 2 aliphatic rings. The molecule has 0 bridgehead atoms. The number of carbonyl (C=O) groups excluding carboxylic acids is 1. The molecule has 2 heterocycles. The molecule has 0 radical (unpaired) electrons. The second-order valence-corrected chi connectivity index (χ2v) is 5.17. The summed E-state index contributed by atoms with van der Waals surface area (Å²) in [5.41, 5.74) is 0. The number of hydrogen-bond acceptors (Lipinski definition) is 6. The lowest BCUT2D eigenvalue weighted by molar-refractivity contribution is 0.0937. The van der Waals surface area contributed by atoms with Crippen LogP contribution < -0.4 is 10.6 Å². The van der Waals surface area contributed by atoms with Gasteiger partial charge in [0.2, 0.25) is 5.89 Å². The number of aromatic nitrogens is 2. The van der Waals surface area contributed by atoms with Crippen LogP contribution in [0, 0.1) is 0 Å². The Labute approximate surface area is 111 Å². The maximum atomic E-state index is 11.8. The van der Waals surface area contributed by atoms with E-state index in [0.29, 0.717) is 11.9 Å². The SMILES string of the molecule is CC(c1nc(C(=O)NC2CC2)no1)N1CCNCC1. The van der Waals surface area contributed by atoms with E-state index in [1.807, 2.05) is 6.92 Å². The summed E-state index contributed by atoms with van der Waals surface area (Å²) in [7, 11) is 0. The van der Waals surface area contributed by atoms with E-state index < -0.39 is 0 Å². The van der Waals surface area contributed by atoms with Crippen LogP contribution >= 0.6 is 0 Å². The topological polar surface area (TPSA) is 83.3 Å². The molecule has 2 fully saturated rings. The zero-order chi connectivity index (χ0) is 13.2. The highest BCUT2D eigenvalue weighted by Crippen LogP contribution is 2.20. The average Bonchev–Trinajstić information content (AvgIpc) is 3.11. The van der Waals surface area contributed by atoms with Gasteiger partial charge in [-0.3, -0.25) is 9.69 Å². The Morgan fingerprint density at radius 1 is 1.47 bits per heavy atom. The number of rotatable bonds is 4. The zero-order valence-corrected chi connectivity index (χ0v) is 11.1. The van der Waals surface area contributed by atoms with Crippen LogP contribution in [0.2, 0.25) is 0 Å². The second-order valence-electron chi connectivity index (χ2n) is 5.17. The fourth-order valence-electron chi connectivity index (χ4n) is 2.20. The summed E-state index contributed by atoms with van der Waals surface area (Å²) in [6.45, 7) is 5.86. The van der Waals surface area contributed by atoms with Crippen LogP contribution in [0.5, 0.6) is 0 Å². The Bertz CT molecular complexity index is 451. The molecular weight excluding hydrogens is 246 g/mol. The first-order chi connectivity index (χ1) is 9.24. The summed E-state index contributed by atoms with van der Waals surface area (Å²) in [5, 5.41) is 9.93. The molecule has 1 saturated heterocycles. The Kier molecular flexibility index (Phi) is 3.48. The van der Waals surface area contributed by atoms with Gasteiger partial charge in [-0.25, -0.2) is 0 Å². The lowest BCUT2D eigenvalue weighted by atomic mass is 10.2. The standard InChI is InChI=1S/C12H19N5O2/c1-8(17-6-4-13-5-7-17)12-15-10(16-19-12)11(18)14-9-2-3-9/h8-9,13H,2-7H2,1H3,(H,14,18). The predicted octanol–water partition coefficient (Wildman–Crippen LogP) is -0.0720. The van der Waals surface area contributed by atoms with Gasteiger partial charge in [0.1, 0.15) is 0 Å². The molecule has 1 aliphatic carbocycles.